The van der Waals surface area contributed by atoms with Crippen LogP contribution in [0.15, 0.2) is 41.5 Å². The Hall–Kier alpha value is -2.38. The number of hydrazone groups is 1. The van der Waals surface area contributed by atoms with Gasteiger partial charge in [0.05, 0.1) is 17.8 Å². The fourth-order valence-electron chi connectivity index (χ4n) is 2.18. The van der Waals surface area contributed by atoms with Gasteiger partial charge in [0, 0.05) is 12.1 Å². The first-order chi connectivity index (χ1) is 13.0. The molecule has 0 fully saturated rings. The van der Waals surface area contributed by atoms with Crippen molar-refractivity contribution in [3.63, 3.8) is 0 Å². The number of ether oxygens (including phenoxy) is 2. The first-order valence-corrected chi connectivity index (χ1v) is 9.23. The van der Waals surface area contributed by atoms with Crippen molar-refractivity contribution < 1.29 is 13.9 Å². The van der Waals surface area contributed by atoms with Crippen LogP contribution in [0.4, 0.5) is 4.39 Å². The van der Waals surface area contributed by atoms with E-state index in [1.807, 2.05) is 19.9 Å². The highest BCUT2D eigenvalue weighted by Crippen LogP contribution is 2.30. The first-order valence-electron chi connectivity index (χ1n) is 8.44. The molecule has 2 rings (SSSR count). The van der Waals surface area contributed by atoms with Crippen LogP contribution < -0.4 is 20.2 Å². The Labute approximate surface area is 168 Å². The number of thiocarbonyl (C=S) groups is 1. The van der Waals surface area contributed by atoms with Crippen molar-refractivity contribution >= 4 is 35.1 Å². The predicted molar refractivity (Wildman–Crippen MR) is 110 cm³/mol. The number of nitrogens with zero attached hydrogens (tertiary/aromatic N) is 1. The summed E-state index contributed by atoms with van der Waals surface area (Å²) in [5.74, 6) is 0.611. The Bertz CT molecular complexity index is 797. The lowest BCUT2D eigenvalue weighted by Crippen LogP contribution is -2.31. The summed E-state index contributed by atoms with van der Waals surface area (Å²) in [6, 6.07) is 9.85. The van der Waals surface area contributed by atoms with Gasteiger partial charge in [-0.15, -0.1) is 0 Å². The van der Waals surface area contributed by atoms with E-state index in [2.05, 4.69) is 15.8 Å². The maximum Gasteiger partial charge on any atom is 0.186 e. The van der Waals surface area contributed by atoms with E-state index in [0.29, 0.717) is 40.3 Å². The van der Waals surface area contributed by atoms with Crippen LogP contribution in [0.2, 0.25) is 5.02 Å². The molecule has 0 amide bonds. The molecule has 0 aliphatic rings. The lowest BCUT2D eigenvalue weighted by Gasteiger charge is -2.13. The minimum Gasteiger partial charge on any atom is -0.490 e. The molecule has 0 unspecified atom stereocenters. The van der Waals surface area contributed by atoms with E-state index < -0.39 is 5.82 Å². The van der Waals surface area contributed by atoms with E-state index >= 15 is 0 Å². The highest BCUT2D eigenvalue weighted by atomic mass is 35.5. The monoisotopic (exact) mass is 409 g/mol. The summed E-state index contributed by atoms with van der Waals surface area (Å²) in [5, 5.41) is 7.76. The van der Waals surface area contributed by atoms with Gasteiger partial charge < -0.3 is 14.8 Å². The highest BCUT2D eigenvalue weighted by molar-refractivity contribution is 7.80. The van der Waals surface area contributed by atoms with E-state index in [9.17, 15) is 4.39 Å². The maximum absolute atomic E-state index is 13.9. The molecular formula is C19H21ClFN3O2S. The standard InChI is InChI=1S/C19H21ClFN3O2S/c1-3-22-19(27)24-23-11-13-8-9-17(18(10-13)25-4-2)26-12-14-15(20)6-5-7-16(14)21/h5-11H,3-4,12H2,1-2H3,(H2,22,24,27)/b23-11+. The largest absolute Gasteiger partial charge is 0.490 e. The molecule has 2 aromatic carbocycles. The Balaban J connectivity index is 2.10. The van der Waals surface area contributed by atoms with Gasteiger partial charge in [-0.25, -0.2) is 4.39 Å². The van der Waals surface area contributed by atoms with Crippen molar-refractivity contribution in [1.29, 1.82) is 0 Å². The molecule has 8 heteroatoms. The molecule has 144 valence electrons. The van der Waals surface area contributed by atoms with Crippen LogP contribution >= 0.6 is 23.8 Å². The van der Waals surface area contributed by atoms with Crippen LogP contribution in [0.1, 0.15) is 25.0 Å². The normalized spacial score (nSPS) is 10.7. The maximum atomic E-state index is 13.9. The molecule has 5 nitrogen and oxygen atoms in total. The Kier molecular flexibility index (Phi) is 8.29. The van der Waals surface area contributed by atoms with Crippen molar-refractivity contribution in [1.82, 2.24) is 10.7 Å². The van der Waals surface area contributed by atoms with Crippen molar-refractivity contribution in [2.45, 2.75) is 20.5 Å². The van der Waals surface area contributed by atoms with E-state index in [4.69, 9.17) is 33.3 Å². The topological polar surface area (TPSA) is 54.9 Å². The predicted octanol–water partition coefficient (Wildman–Crippen LogP) is 4.27. The van der Waals surface area contributed by atoms with Gasteiger partial charge in [0.2, 0.25) is 0 Å². The third-order valence-corrected chi connectivity index (χ3v) is 4.01. The summed E-state index contributed by atoms with van der Waals surface area (Å²) in [7, 11) is 0. The zero-order valence-corrected chi connectivity index (χ0v) is 16.7. The molecule has 0 heterocycles. The Morgan fingerprint density at radius 1 is 1.22 bits per heavy atom. The minimum absolute atomic E-state index is 0.00245. The number of hydrogen-bond acceptors (Lipinski definition) is 4. The molecule has 0 aliphatic heterocycles. The van der Waals surface area contributed by atoms with Gasteiger partial charge in [-0.3, -0.25) is 5.43 Å². The van der Waals surface area contributed by atoms with E-state index in [0.717, 1.165) is 5.56 Å². The second-order valence-electron chi connectivity index (χ2n) is 5.36. The van der Waals surface area contributed by atoms with E-state index in [-0.39, 0.29) is 6.61 Å². The van der Waals surface area contributed by atoms with Gasteiger partial charge in [0.1, 0.15) is 12.4 Å². The van der Waals surface area contributed by atoms with Crippen LogP contribution in [-0.4, -0.2) is 24.5 Å². The van der Waals surface area contributed by atoms with Crippen molar-refractivity contribution in [2.75, 3.05) is 13.2 Å². The summed E-state index contributed by atoms with van der Waals surface area (Å²) in [4.78, 5) is 0. The number of nitrogens with one attached hydrogen (secondary N) is 2. The summed E-state index contributed by atoms with van der Waals surface area (Å²) >= 11 is 11.1. The molecule has 2 aromatic rings. The molecule has 0 saturated carbocycles. The van der Waals surface area contributed by atoms with Gasteiger partial charge >= 0.3 is 0 Å². The first kappa shape index (κ1) is 20.9. The van der Waals surface area contributed by atoms with Crippen LogP contribution in [0, 0.1) is 5.82 Å². The third kappa shape index (κ3) is 6.37. The summed E-state index contributed by atoms with van der Waals surface area (Å²) in [6.45, 7) is 4.99. The molecule has 0 aliphatic carbocycles. The van der Waals surface area contributed by atoms with Crippen molar-refractivity contribution in [3.05, 3.63) is 58.4 Å². The van der Waals surface area contributed by atoms with Crippen LogP contribution in [-0.2, 0) is 6.61 Å². The minimum atomic E-state index is -0.410. The second kappa shape index (κ2) is 10.7. The molecule has 0 bridgehead atoms. The second-order valence-corrected chi connectivity index (χ2v) is 6.17. The van der Waals surface area contributed by atoms with Gasteiger partial charge in [-0.05, 0) is 62.0 Å². The van der Waals surface area contributed by atoms with Gasteiger partial charge in [0.25, 0.3) is 0 Å². The molecule has 0 radical (unpaired) electrons. The van der Waals surface area contributed by atoms with E-state index in [1.165, 1.54) is 6.07 Å². The van der Waals surface area contributed by atoms with E-state index in [1.54, 1.807) is 30.5 Å². The molecular weight excluding hydrogens is 389 g/mol. The SMILES string of the molecule is CCNC(=S)N/N=C/c1ccc(OCc2c(F)cccc2Cl)c(OCC)c1. The average molecular weight is 410 g/mol. The summed E-state index contributed by atoms with van der Waals surface area (Å²) < 4.78 is 25.2. The molecule has 0 saturated heterocycles. The number of rotatable bonds is 8. The zero-order chi connectivity index (χ0) is 19.6. The van der Waals surface area contributed by atoms with Crippen molar-refractivity contribution in [2.24, 2.45) is 5.10 Å². The fraction of sp³-hybridized carbons (Fsp3) is 0.263. The Morgan fingerprint density at radius 3 is 2.74 bits per heavy atom. The molecule has 27 heavy (non-hydrogen) atoms. The number of benzene rings is 2. The molecule has 0 spiro atoms. The van der Waals surface area contributed by atoms with Gasteiger partial charge in [-0.2, -0.15) is 5.10 Å². The van der Waals surface area contributed by atoms with Crippen LogP contribution in [0.3, 0.4) is 0 Å². The molecule has 0 atom stereocenters. The van der Waals surface area contributed by atoms with Gasteiger partial charge in [0.15, 0.2) is 16.6 Å². The smallest absolute Gasteiger partial charge is 0.186 e. The average Bonchev–Trinajstić information content (AvgIpc) is 2.63. The van der Waals surface area contributed by atoms with Crippen LogP contribution in [0.5, 0.6) is 11.5 Å². The highest BCUT2D eigenvalue weighted by Gasteiger charge is 2.11. The number of hydrogen-bond donors (Lipinski definition) is 2. The Morgan fingerprint density at radius 2 is 2.04 bits per heavy atom. The molecule has 0 aromatic heterocycles. The molecule has 2 N–H and O–H groups in total. The van der Waals surface area contributed by atoms with Crippen LogP contribution in [0.25, 0.3) is 0 Å². The lowest BCUT2D eigenvalue weighted by atomic mass is 10.2. The lowest BCUT2D eigenvalue weighted by molar-refractivity contribution is 0.266. The summed E-state index contributed by atoms with van der Waals surface area (Å²) in [5.41, 5.74) is 3.81. The third-order valence-electron chi connectivity index (χ3n) is 3.42. The van der Waals surface area contributed by atoms with Gasteiger partial charge in [-0.1, -0.05) is 17.7 Å². The van der Waals surface area contributed by atoms with Crippen molar-refractivity contribution in [3.8, 4) is 11.5 Å². The fourth-order valence-corrected chi connectivity index (χ4v) is 2.59. The number of halogens is 2. The quantitative estimate of drug-likeness (QED) is 0.387. The summed E-state index contributed by atoms with van der Waals surface area (Å²) in [6.07, 6.45) is 1.61. The zero-order valence-electron chi connectivity index (χ0n) is 15.1.